The van der Waals surface area contributed by atoms with E-state index in [4.69, 9.17) is 4.74 Å². The lowest BCUT2D eigenvalue weighted by Crippen LogP contribution is -2.21. The quantitative estimate of drug-likeness (QED) is 0.348. The van der Waals surface area contributed by atoms with Gasteiger partial charge in [0, 0.05) is 24.0 Å². The van der Waals surface area contributed by atoms with Gasteiger partial charge in [-0.1, -0.05) is 12.8 Å². The van der Waals surface area contributed by atoms with Crippen molar-refractivity contribution in [3.63, 3.8) is 0 Å². The van der Waals surface area contributed by atoms with Crippen molar-refractivity contribution >= 4 is 24.0 Å². The molecule has 1 aliphatic carbocycles. The Labute approximate surface area is 123 Å². The van der Waals surface area contributed by atoms with Gasteiger partial charge >= 0.3 is 5.97 Å². The lowest BCUT2D eigenvalue weighted by Gasteiger charge is -2.10. The van der Waals surface area contributed by atoms with E-state index in [1.807, 2.05) is 0 Å². The molecule has 6 nitrogen and oxygen atoms in total. The number of aldehydes is 1. The summed E-state index contributed by atoms with van der Waals surface area (Å²) in [7, 11) is 0. The van der Waals surface area contributed by atoms with Crippen LogP contribution in [0.4, 0.5) is 0 Å². The maximum atomic E-state index is 11.9. The number of hydrogen-bond acceptors (Lipinski definition) is 6. The van der Waals surface area contributed by atoms with Gasteiger partial charge < -0.3 is 14.6 Å². The number of carbonyl (C=O) groups is 4. The van der Waals surface area contributed by atoms with E-state index >= 15 is 0 Å². The number of hydrogen-bond donors (Lipinski definition) is 0. The van der Waals surface area contributed by atoms with Gasteiger partial charge in [-0.3, -0.25) is 14.4 Å². The SMILES string of the molecule is CC(=O)OC1CC(=O)C(CCCCCCC(=O)[O-])=C1C=O. The highest BCUT2D eigenvalue weighted by Crippen LogP contribution is 2.28. The van der Waals surface area contributed by atoms with Crippen LogP contribution in [-0.2, 0) is 23.9 Å². The van der Waals surface area contributed by atoms with Gasteiger partial charge in [-0.2, -0.15) is 0 Å². The second kappa shape index (κ2) is 8.34. The predicted octanol–water partition coefficient (Wildman–Crippen LogP) is 0.477. The molecule has 1 unspecified atom stereocenters. The molecule has 21 heavy (non-hydrogen) atoms. The number of aliphatic carboxylic acids is 1. The number of ether oxygens (including phenoxy) is 1. The number of rotatable bonds is 9. The molecule has 1 rings (SSSR count). The largest absolute Gasteiger partial charge is 0.550 e. The third-order valence-electron chi connectivity index (χ3n) is 3.40. The Morgan fingerprint density at radius 2 is 1.95 bits per heavy atom. The summed E-state index contributed by atoms with van der Waals surface area (Å²) in [6.07, 6.45) is 3.11. The van der Waals surface area contributed by atoms with Gasteiger partial charge in [0.25, 0.3) is 0 Å². The first kappa shape index (κ1) is 17.1. The Bertz CT molecular complexity index is 463. The minimum atomic E-state index is -1.06. The zero-order valence-electron chi connectivity index (χ0n) is 12.1. The molecule has 0 saturated heterocycles. The van der Waals surface area contributed by atoms with Crippen molar-refractivity contribution in [3.05, 3.63) is 11.1 Å². The fourth-order valence-electron chi connectivity index (χ4n) is 2.42. The minimum Gasteiger partial charge on any atom is -0.550 e. The summed E-state index contributed by atoms with van der Waals surface area (Å²) in [6, 6.07) is 0. The average molecular weight is 295 g/mol. The third kappa shape index (κ3) is 5.49. The maximum Gasteiger partial charge on any atom is 0.303 e. The van der Waals surface area contributed by atoms with Crippen molar-refractivity contribution in [2.24, 2.45) is 0 Å². The van der Waals surface area contributed by atoms with Crippen molar-refractivity contribution in [1.82, 2.24) is 0 Å². The number of esters is 1. The molecule has 116 valence electrons. The van der Waals surface area contributed by atoms with Crippen molar-refractivity contribution < 1.29 is 29.0 Å². The number of carbonyl (C=O) groups excluding carboxylic acids is 4. The van der Waals surface area contributed by atoms with Gasteiger partial charge in [0.05, 0.1) is 6.42 Å². The van der Waals surface area contributed by atoms with Crippen LogP contribution in [0.1, 0.15) is 51.9 Å². The van der Waals surface area contributed by atoms with E-state index in [9.17, 15) is 24.3 Å². The zero-order chi connectivity index (χ0) is 15.8. The molecule has 0 aliphatic heterocycles. The molecule has 0 fully saturated rings. The van der Waals surface area contributed by atoms with Crippen molar-refractivity contribution in [2.45, 2.75) is 58.0 Å². The molecule has 0 spiro atoms. The second-order valence-electron chi connectivity index (χ2n) is 5.06. The Balaban J connectivity index is 2.47. The topological polar surface area (TPSA) is 101 Å². The van der Waals surface area contributed by atoms with E-state index in [0.29, 0.717) is 31.1 Å². The number of unbranched alkanes of at least 4 members (excludes halogenated alkanes) is 3. The number of carboxylic acid groups (broad SMARTS) is 1. The average Bonchev–Trinajstić information content (AvgIpc) is 2.68. The smallest absolute Gasteiger partial charge is 0.303 e. The van der Waals surface area contributed by atoms with E-state index in [-0.39, 0.29) is 24.2 Å². The van der Waals surface area contributed by atoms with Gasteiger partial charge in [0.1, 0.15) is 12.4 Å². The fraction of sp³-hybridized carbons (Fsp3) is 0.600. The maximum absolute atomic E-state index is 11.9. The highest BCUT2D eigenvalue weighted by atomic mass is 16.5. The fourth-order valence-corrected chi connectivity index (χ4v) is 2.42. The highest BCUT2D eigenvalue weighted by molar-refractivity contribution is 6.05. The van der Waals surface area contributed by atoms with Gasteiger partial charge in [-0.05, 0) is 25.7 Å². The molecule has 0 amide bonds. The van der Waals surface area contributed by atoms with E-state index in [2.05, 4.69) is 0 Å². The number of carboxylic acids is 1. The molecule has 0 N–H and O–H groups in total. The third-order valence-corrected chi connectivity index (χ3v) is 3.40. The number of allylic oxidation sites excluding steroid dienone is 1. The van der Waals surface area contributed by atoms with E-state index in [1.165, 1.54) is 6.92 Å². The van der Waals surface area contributed by atoms with E-state index < -0.39 is 18.0 Å². The molecular formula is C15H19O6-. The Morgan fingerprint density at radius 3 is 2.52 bits per heavy atom. The van der Waals surface area contributed by atoms with Gasteiger partial charge in [-0.25, -0.2) is 0 Å². The van der Waals surface area contributed by atoms with Crippen molar-refractivity contribution in [2.75, 3.05) is 0 Å². The minimum absolute atomic E-state index is 0.0354. The van der Waals surface area contributed by atoms with Crippen LogP contribution in [-0.4, -0.2) is 30.1 Å². The van der Waals surface area contributed by atoms with Crippen LogP contribution in [0.5, 0.6) is 0 Å². The molecule has 0 aromatic heterocycles. The molecule has 0 saturated carbocycles. The summed E-state index contributed by atoms with van der Waals surface area (Å²) >= 11 is 0. The first-order valence-corrected chi connectivity index (χ1v) is 7.04. The van der Waals surface area contributed by atoms with Crippen LogP contribution in [0, 0.1) is 0 Å². The summed E-state index contributed by atoms with van der Waals surface area (Å²) in [6.45, 7) is 1.24. The van der Waals surface area contributed by atoms with Gasteiger partial charge in [-0.15, -0.1) is 0 Å². The Kier molecular flexibility index (Phi) is 6.78. The molecule has 0 aromatic rings. The van der Waals surface area contributed by atoms with Gasteiger partial charge in [0.2, 0.25) is 0 Å². The molecule has 0 radical (unpaired) electrons. The normalized spacial score (nSPS) is 18.0. The molecule has 0 bridgehead atoms. The van der Waals surface area contributed by atoms with Crippen LogP contribution in [0.3, 0.4) is 0 Å². The summed E-state index contributed by atoms with van der Waals surface area (Å²) in [5.41, 5.74) is 0.709. The monoisotopic (exact) mass is 295 g/mol. The molecule has 6 heteroatoms. The van der Waals surface area contributed by atoms with Crippen LogP contribution in [0.15, 0.2) is 11.1 Å². The summed E-state index contributed by atoms with van der Waals surface area (Å²) in [5, 5.41) is 10.2. The predicted molar refractivity (Wildman–Crippen MR) is 71.0 cm³/mol. The molecule has 1 atom stereocenters. The Hall–Kier alpha value is -1.98. The van der Waals surface area contributed by atoms with Gasteiger partial charge in [0.15, 0.2) is 5.78 Å². The van der Waals surface area contributed by atoms with Crippen LogP contribution >= 0.6 is 0 Å². The first-order valence-electron chi connectivity index (χ1n) is 7.04. The molecular weight excluding hydrogens is 276 g/mol. The second-order valence-corrected chi connectivity index (χ2v) is 5.06. The van der Waals surface area contributed by atoms with Crippen molar-refractivity contribution in [1.29, 1.82) is 0 Å². The van der Waals surface area contributed by atoms with E-state index in [0.717, 1.165) is 12.8 Å². The summed E-state index contributed by atoms with van der Waals surface area (Å²) in [4.78, 5) is 44.1. The number of ketones is 1. The molecule has 1 aliphatic rings. The highest BCUT2D eigenvalue weighted by Gasteiger charge is 2.33. The van der Waals surface area contributed by atoms with E-state index in [1.54, 1.807) is 0 Å². The standard InChI is InChI=1S/C15H20O6/c1-10(17)21-14-8-13(18)11(12(14)9-16)6-4-2-3-5-7-15(19)20/h9,14H,2-8H2,1H3,(H,19,20)/p-1. The first-order chi connectivity index (χ1) is 9.95. The Morgan fingerprint density at radius 1 is 1.29 bits per heavy atom. The van der Waals surface area contributed by atoms with Crippen molar-refractivity contribution in [3.8, 4) is 0 Å². The summed E-state index contributed by atoms with van der Waals surface area (Å²) < 4.78 is 4.97. The number of Topliss-reactive ketones (excluding diaryl/α,β-unsaturated/α-hetero) is 1. The van der Waals surface area contributed by atoms with Crippen LogP contribution in [0.2, 0.25) is 0 Å². The van der Waals surface area contributed by atoms with Crippen LogP contribution in [0.25, 0.3) is 0 Å². The van der Waals surface area contributed by atoms with Crippen LogP contribution < -0.4 is 5.11 Å². The lowest BCUT2D eigenvalue weighted by atomic mass is 10.0. The molecule has 0 aromatic carbocycles. The lowest BCUT2D eigenvalue weighted by molar-refractivity contribution is -0.305. The summed E-state index contributed by atoms with van der Waals surface area (Å²) in [5.74, 6) is -1.73. The zero-order valence-corrected chi connectivity index (χ0v) is 12.1. The molecule has 0 heterocycles.